The molecule has 0 atom stereocenters. The van der Waals surface area contributed by atoms with Crippen molar-refractivity contribution in [3.63, 3.8) is 0 Å². The summed E-state index contributed by atoms with van der Waals surface area (Å²) in [5.74, 6) is -4.22. The highest BCUT2D eigenvalue weighted by Gasteiger charge is 2.48. The molecule has 31 heavy (non-hydrogen) atoms. The maximum absolute atomic E-state index is 13.1. The summed E-state index contributed by atoms with van der Waals surface area (Å²) in [6.07, 6.45) is 1.24. The minimum atomic E-state index is -1.41. The lowest BCUT2D eigenvalue weighted by molar-refractivity contribution is -0.143. The van der Waals surface area contributed by atoms with Crippen LogP contribution in [0.4, 0.5) is 4.79 Å². The molecule has 1 aliphatic heterocycles. The van der Waals surface area contributed by atoms with Crippen LogP contribution in [0.25, 0.3) is 11.3 Å². The molecule has 0 spiro atoms. The molecule has 0 bridgehead atoms. The molecule has 1 saturated heterocycles. The monoisotopic (exact) mass is 423 g/mol. The summed E-state index contributed by atoms with van der Waals surface area (Å²) >= 11 is 0. The SMILES string of the molecule is CN1C(=O)C(c2c3c(n(CC(=O)O)c2-c2ccccc2)CCCC3=O)C(=O)N(C)C1=O. The van der Waals surface area contributed by atoms with Crippen LogP contribution in [0.15, 0.2) is 30.3 Å². The van der Waals surface area contributed by atoms with Crippen molar-refractivity contribution < 1.29 is 29.1 Å². The smallest absolute Gasteiger partial charge is 0.332 e. The third-order valence-corrected chi connectivity index (χ3v) is 5.86. The second-order valence-electron chi connectivity index (χ2n) is 7.72. The van der Waals surface area contributed by atoms with E-state index in [-0.39, 0.29) is 23.3 Å². The van der Waals surface area contributed by atoms with E-state index in [4.69, 9.17) is 0 Å². The number of urea groups is 1. The molecule has 0 radical (unpaired) electrons. The topological polar surface area (TPSA) is 117 Å². The number of aliphatic carboxylic acids is 1. The first-order chi connectivity index (χ1) is 14.7. The second kappa shape index (κ2) is 7.50. The molecular weight excluding hydrogens is 402 g/mol. The molecule has 2 aliphatic rings. The number of carboxylic acid groups (broad SMARTS) is 1. The van der Waals surface area contributed by atoms with Gasteiger partial charge in [-0.3, -0.25) is 29.0 Å². The second-order valence-corrected chi connectivity index (χ2v) is 7.72. The fraction of sp³-hybridized carbons (Fsp3) is 0.318. The van der Waals surface area contributed by atoms with Gasteiger partial charge in [0.25, 0.3) is 0 Å². The highest BCUT2D eigenvalue weighted by Crippen LogP contribution is 2.42. The van der Waals surface area contributed by atoms with Crippen LogP contribution < -0.4 is 0 Å². The van der Waals surface area contributed by atoms with Gasteiger partial charge in [-0.15, -0.1) is 0 Å². The van der Waals surface area contributed by atoms with E-state index in [2.05, 4.69) is 0 Å². The Morgan fingerprint density at radius 2 is 1.61 bits per heavy atom. The maximum Gasteiger partial charge on any atom is 0.332 e. The zero-order valence-corrected chi connectivity index (χ0v) is 17.1. The predicted molar refractivity (Wildman–Crippen MR) is 108 cm³/mol. The van der Waals surface area contributed by atoms with Gasteiger partial charge in [-0.2, -0.15) is 0 Å². The van der Waals surface area contributed by atoms with E-state index in [1.165, 1.54) is 18.7 Å². The summed E-state index contributed by atoms with van der Waals surface area (Å²) in [4.78, 5) is 64.9. The number of hydrogen-bond donors (Lipinski definition) is 1. The number of carbonyl (C=O) groups excluding carboxylic acids is 4. The molecule has 1 fully saturated rings. The number of carbonyl (C=O) groups is 5. The minimum Gasteiger partial charge on any atom is -0.480 e. The van der Waals surface area contributed by atoms with Crippen molar-refractivity contribution >= 4 is 29.6 Å². The van der Waals surface area contributed by atoms with Crippen LogP contribution in [0, 0.1) is 0 Å². The number of Topliss-reactive ketones (excluding diaryl/α,β-unsaturated/α-hetero) is 1. The molecule has 2 heterocycles. The Labute approximate surface area is 177 Å². The van der Waals surface area contributed by atoms with E-state index < -0.39 is 36.3 Å². The van der Waals surface area contributed by atoms with E-state index in [9.17, 15) is 29.1 Å². The Morgan fingerprint density at radius 1 is 1.00 bits per heavy atom. The normalized spacial score (nSPS) is 17.4. The molecule has 160 valence electrons. The van der Waals surface area contributed by atoms with Gasteiger partial charge < -0.3 is 9.67 Å². The minimum absolute atomic E-state index is 0.188. The Balaban J connectivity index is 2.08. The van der Waals surface area contributed by atoms with Crippen molar-refractivity contribution in [3.05, 3.63) is 47.2 Å². The van der Waals surface area contributed by atoms with E-state index in [0.29, 0.717) is 29.8 Å². The quantitative estimate of drug-likeness (QED) is 0.751. The molecule has 4 rings (SSSR count). The van der Waals surface area contributed by atoms with Gasteiger partial charge in [-0.1, -0.05) is 30.3 Å². The lowest BCUT2D eigenvalue weighted by Crippen LogP contribution is -2.56. The molecule has 9 nitrogen and oxygen atoms in total. The predicted octanol–water partition coefficient (Wildman–Crippen LogP) is 1.89. The van der Waals surface area contributed by atoms with Crippen LogP contribution in [0.5, 0.6) is 0 Å². The molecule has 1 aromatic heterocycles. The first kappa shape index (κ1) is 20.5. The summed E-state index contributed by atoms with van der Waals surface area (Å²) in [6, 6.07) is 8.02. The molecule has 4 amide bonds. The lowest BCUT2D eigenvalue weighted by atomic mass is 9.84. The molecule has 0 unspecified atom stereocenters. The standard InChI is InChI=1S/C22H21N3O6/c1-23-20(29)18(21(30)24(2)22(23)31)17-16-13(9-6-10-14(16)26)25(11-15(27)28)19(17)12-7-4-3-5-8-12/h3-5,7-8,18H,6,9-11H2,1-2H3,(H,27,28). The lowest BCUT2D eigenvalue weighted by Gasteiger charge is -2.33. The zero-order chi connectivity index (χ0) is 22.4. The number of rotatable bonds is 4. The zero-order valence-electron chi connectivity index (χ0n) is 17.1. The molecular formula is C22H21N3O6. The average Bonchev–Trinajstić information content (AvgIpc) is 3.06. The average molecular weight is 423 g/mol. The van der Waals surface area contributed by atoms with Gasteiger partial charge in [-0.25, -0.2) is 4.79 Å². The van der Waals surface area contributed by atoms with Crippen LogP contribution >= 0.6 is 0 Å². The van der Waals surface area contributed by atoms with Gasteiger partial charge >= 0.3 is 12.0 Å². The fourth-order valence-corrected chi connectivity index (χ4v) is 4.45. The molecule has 0 saturated carbocycles. The number of benzene rings is 1. The van der Waals surface area contributed by atoms with Crippen molar-refractivity contribution in [1.82, 2.24) is 14.4 Å². The highest BCUT2D eigenvalue weighted by atomic mass is 16.4. The van der Waals surface area contributed by atoms with E-state index in [1.807, 2.05) is 0 Å². The van der Waals surface area contributed by atoms with Crippen LogP contribution in [-0.2, 0) is 27.3 Å². The Hall–Kier alpha value is -3.75. The third-order valence-electron chi connectivity index (χ3n) is 5.86. The number of amides is 4. The Morgan fingerprint density at radius 3 is 2.19 bits per heavy atom. The van der Waals surface area contributed by atoms with Gasteiger partial charge in [0.1, 0.15) is 12.5 Å². The summed E-state index contributed by atoms with van der Waals surface area (Å²) in [7, 11) is 2.57. The van der Waals surface area contributed by atoms with Gasteiger partial charge in [0.05, 0.1) is 5.69 Å². The van der Waals surface area contributed by atoms with Crippen molar-refractivity contribution in [2.45, 2.75) is 31.7 Å². The number of hydrogen-bond acceptors (Lipinski definition) is 5. The van der Waals surface area contributed by atoms with Crippen LogP contribution in [0.2, 0.25) is 0 Å². The van der Waals surface area contributed by atoms with Crippen LogP contribution in [0.1, 0.15) is 40.4 Å². The molecule has 1 N–H and O–H groups in total. The van der Waals surface area contributed by atoms with Crippen molar-refractivity contribution in [2.75, 3.05) is 14.1 Å². The first-order valence-electron chi connectivity index (χ1n) is 9.88. The number of fused-ring (bicyclic) bond motifs is 1. The number of nitrogens with zero attached hydrogens (tertiary/aromatic N) is 3. The van der Waals surface area contributed by atoms with Gasteiger partial charge in [0.2, 0.25) is 11.8 Å². The van der Waals surface area contributed by atoms with Gasteiger partial charge in [-0.05, 0) is 18.4 Å². The van der Waals surface area contributed by atoms with Crippen molar-refractivity contribution in [3.8, 4) is 11.3 Å². The number of imide groups is 2. The molecule has 1 aromatic carbocycles. The molecule has 9 heteroatoms. The summed E-state index contributed by atoms with van der Waals surface area (Å²) < 4.78 is 1.52. The third kappa shape index (κ3) is 3.13. The van der Waals surface area contributed by atoms with Crippen molar-refractivity contribution in [1.29, 1.82) is 0 Å². The summed E-state index contributed by atoms with van der Waals surface area (Å²) in [5, 5.41) is 9.55. The summed E-state index contributed by atoms with van der Waals surface area (Å²) in [6.45, 7) is -0.417. The Kier molecular flexibility index (Phi) is 4.96. The number of carboxylic acids is 1. The number of aromatic nitrogens is 1. The molecule has 2 aromatic rings. The first-order valence-corrected chi connectivity index (χ1v) is 9.88. The Bertz CT molecular complexity index is 1110. The van der Waals surface area contributed by atoms with Crippen LogP contribution in [-0.4, -0.2) is 63.2 Å². The van der Waals surface area contributed by atoms with Crippen LogP contribution in [0.3, 0.4) is 0 Å². The fourth-order valence-electron chi connectivity index (χ4n) is 4.45. The van der Waals surface area contributed by atoms with E-state index in [1.54, 1.807) is 30.3 Å². The largest absolute Gasteiger partial charge is 0.480 e. The number of barbiturate groups is 1. The maximum atomic E-state index is 13.1. The number of ketones is 1. The number of likely N-dealkylation sites (N-methyl/N-ethyl adjacent to an activating group) is 2. The van der Waals surface area contributed by atoms with E-state index >= 15 is 0 Å². The summed E-state index contributed by atoms with van der Waals surface area (Å²) in [5.41, 5.74) is 1.87. The molecule has 1 aliphatic carbocycles. The highest BCUT2D eigenvalue weighted by molar-refractivity contribution is 6.21. The van der Waals surface area contributed by atoms with Crippen molar-refractivity contribution in [2.24, 2.45) is 0 Å². The van der Waals surface area contributed by atoms with Gasteiger partial charge in [0, 0.05) is 37.3 Å². The van der Waals surface area contributed by atoms with E-state index in [0.717, 1.165) is 9.80 Å². The van der Waals surface area contributed by atoms with Gasteiger partial charge in [0.15, 0.2) is 5.78 Å².